The summed E-state index contributed by atoms with van der Waals surface area (Å²) in [5.74, 6) is 2.39. The third-order valence-corrected chi connectivity index (χ3v) is 11.8. The van der Waals surface area contributed by atoms with Gasteiger partial charge in [-0.15, -0.1) is 11.3 Å². The molecule has 34 heavy (non-hydrogen) atoms. The number of rotatable bonds is 6. The van der Waals surface area contributed by atoms with Crippen LogP contribution in [0.3, 0.4) is 0 Å². The lowest BCUT2D eigenvalue weighted by Crippen LogP contribution is -2.54. The maximum atomic E-state index is 13.2. The van der Waals surface area contributed by atoms with E-state index in [1.165, 1.54) is 54.2 Å². The van der Waals surface area contributed by atoms with Gasteiger partial charge in [-0.2, -0.15) is 4.31 Å². The van der Waals surface area contributed by atoms with Gasteiger partial charge in [0.15, 0.2) is 0 Å². The van der Waals surface area contributed by atoms with Gasteiger partial charge in [-0.25, -0.2) is 8.42 Å². The van der Waals surface area contributed by atoms with E-state index in [0.29, 0.717) is 30.1 Å². The summed E-state index contributed by atoms with van der Waals surface area (Å²) in [6.45, 7) is 0.761. The minimum absolute atomic E-state index is 0.00654. The fraction of sp³-hybridized carbons (Fsp3) is 0.577. The highest BCUT2D eigenvalue weighted by Gasteiger charge is 2.51. The van der Waals surface area contributed by atoms with Gasteiger partial charge in [0.1, 0.15) is 4.21 Å². The Morgan fingerprint density at radius 2 is 1.53 bits per heavy atom. The van der Waals surface area contributed by atoms with Crippen LogP contribution in [-0.4, -0.2) is 37.3 Å². The number of carbonyl (C=O) groups excluding carboxylic acids is 1. The Kier molecular flexibility index (Phi) is 5.73. The number of sulfonamides is 1. The van der Waals surface area contributed by atoms with Crippen LogP contribution >= 0.6 is 11.3 Å². The van der Waals surface area contributed by atoms with Gasteiger partial charge in [0, 0.05) is 24.5 Å². The van der Waals surface area contributed by atoms with Crippen LogP contribution in [0.15, 0.2) is 46.0 Å². The Morgan fingerprint density at radius 1 is 0.912 bits per heavy atom. The van der Waals surface area contributed by atoms with Crippen molar-refractivity contribution in [1.29, 1.82) is 0 Å². The number of thiophene rings is 1. The van der Waals surface area contributed by atoms with Crippen LogP contribution < -0.4 is 10.6 Å². The standard InChI is InChI=1S/C26H33N3O3S2/c30-25(21-7-9-29(10-8-21)34(31,32)24-6-3-11-33-24)27-22-4-1-2-5-23(22)28-26-15-18-12-19(16-26)14-20(13-18)17-26/h1-6,11,18-21,28H,7-10,12-17H2,(H,27,30). The minimum atomic E-state index is -3.45. The smallest absolute Gasteiger partial charge is 0.252 e. The Morgan fingerprint density at radius 3 is 2.12 bits per heavy atom. The first-order valence-electron chi connectivity index (χ1n) is 12.6. The van der Waals surface area contributed by atoms with Crippen LogP contribution in [0.5, 0.6) is 0 Å². The molecule has 7 rings (SSSR count). The van der Waals surface area contributed by atoms with E-state index in [0.717, 1.165) is 29.1 Å². The largest absolute Gasteiger partial charge is 0.378 e. The van der Waals surface area contributed by atoms with Crippen LogP contribution in [0.25, 0.3) is 0 Å². The van der Waals surface area contributed by atoms with Crippen molar-refractivity contribution in [2.24, 2.45) is 23.7 Å². The zero-order valence-electron chi connectivity index (χ0n) is 19.4. The van der Waals surface area contributed by atoms with E-state index in [2.05, 4.69) is 16.7 Å². The monoisotopic (exact) mass is 499 g/mol. The molecule has 1 amide bonds. The molecule has 2 N–H and O–H groups in total. The Bertz CT molecular complexity index is 1120. The summed E-state index contributed by atoms with van der Waals surface area (Å²) >= 11 is 1.24. The second-order valence-corrected chi connectivity index (χ2v) is 14.1. The van der Waals surface area contributed by atoms with E-state index in [1.807, 2.05) is 18.2 Å². The predicted molar refractivity (Wildman–Crippen MR) is 135 cm³/mol. The number of carbonyl (C=O) groups is 1. The third-order valence-electron chi connectivity index (χ3n) is 8.54. The Hall–Kier alpha value is -1.90. The van der Waals surface area contributed by atoms with Crippen LogP contribution in [-0.2, 0) is 14.8 Å². The van der Waals surface area contributed by atoms with Crippen molar-refractivity contribution >= 4 is 38.6 Å². The number of hydrogen-bond donors (Lipinski definition) is 2. The zero-order valence-corrected chi connectivity index (χ0v) is 21.0. The van der Waals surface area contributed by atoms with E-state index < -0.39 is 10.0 Å². The number of anilines is 2. The average Bonchev–Trinajstić information content (AvgIpc) is 3.35. The van der Waals surface area contributed by atoms with Gasteiger partial charge in [0.05, 0.1) is 11.4 Å². The van der Waals surface area contributed by atoms with E-state index >= 15 is 0 Å². The lowest BCUT2D eigenvalue weighted by Gasteiger charge is -2.57. The number of nitrogens with zero attached hydrogens (tertiary/aromatic N) is 1. The van der Waals surface area contributed by atoms with Gasteiger partial charge in [-0.3, -0.25) is 4.79 Å². The van der Waals surface area contributed by atoms with Crippen molar-refractivity contribution in [3.05, 3.63) is 41.8 Å². The number of benzene rings is 1. The van der Waals surface area contributed by atoms with Crippen molar-refractivity contribution in [2.45, 2.75) is 61.1 Å². The van der Waals surface area contributed by atoms with Crippen molar-refractivity contribution in [3.8, 4) is 0 Å². The number of amides is 1. The number of piperidine rings is 1. The van der Waals surface area contributed by atoms with Crippen molar-refractivity contribution in [3.63, 3.8) is 0 Å². The maximum Gasteiger partial charge on any atom is 0.252 e. The van der Waals surface area contributed by atoms with E-state index in [4.69, 9.17) is 0 Å². The van der Waals surface area contributed by atoms with Crippen molar-refractivity contribution in [2.75, 3.05) is 23.7 Å². The van der Waals surface area contributed by atoms with E-state index in [1.54, 1.807) is 17.5 Å². The second-order valence-electron chi connectivity index (χ2n) is 11.0. The molecule has 1 aliphatic heterocycles. The molecule has 2 aromatic rings. The summed E-state index contributed by atoms with van der Waals surface area (Å²) in [6.07, 6.45) is 9.04. The highest BCUT2D eigenvalue weighted by Crippen LogP contribution is 2.56. The summed E-state index contributed by atoms with van der Waals surface area (Å²) in [6, 6.07) is 11.5. The number of para-hydroxylation sites is 2. The molecule has 182 valence electrons. The van der Waals surface area contributed by atoms with Gasteiger partial charge in [-0.1, -0.05) is 18.2 Å². The van der Waals surface area contributed by atoms with Crippen LogP contribution in [0.2, 0.25) is 0 Å². The first kappa shape index (κ1) is 22.6. The normalized spacial score (nSPS) is 31.5. The van der Waals surface area contributed by atoms with E-state index in [9.17, 15) is 13.2 Å². The first-order valence-corrected chi connectivity index (χ1v) is 14.9. The second kappa shape index (κ2) is 8.64. The fourth-order valence-electron chi connectivity index (χ4n) is 7.38. The highest BCUT2D eigenvalue weighted by atomic mass is 32.2. The zero-order chi connectivity index (χ0) is 23.3. The summed E-state index contributed by atoms with van der Waals surface area (Å²) in [7, 11) is -3.45. The number of hydrogen-bond acceptors (Lipinski definition) is 5. The van der Waals surface area contributed by atoms with Gasteiger partial charge < -0.3 is 10.6 Å². The molecule has 0 unspecified atom stereocenters. The molecule has 1 aromatic heterocycles. The average molecular weight is 500 g/mol. The van der Waals surface area contributed by atoms with Crippen LogP contribution in [0.4, 0.5) is 11.4 Å². The molecular formula is C26H33N3O3S2. The first-order chi connectivity index (χ1) is 16.4. The predicted octanol–water partition coefficient (Wildman–Crippen LogP) is 5.17. The minimum Gasteiger partial charge on any atom is -0.378 e. The molecular weight excluding hydrogens is 466 g/mol. The highest BCUT2D eigenvalue weighted by molar-refractivity contribution is 7.91. The Balaban J connectivity index is 1.11. The molecule has 1 aromatic carbocycles. The van der Waals surface area contributed by atoms with Gasteiger partial charge in [-0.05, 0) is 92.7 Å². The van der Waals surface area contributed by atoms with E-state index in [-0.39, 0.29) is 17.4 Å². The molecule has 4 aliphatic carbocycles. The molecule has 2 heterocycles. The Labute approximate surface area is 206 Å². The summed E-state index contributed by atoms with van der Waals surface area (Å²) < 4.78 is 27.5. The van der Waals surface area contributed by atoms with Gasteiger partial charge in [0.2, 0.25) is 5.91 Å². The SMILES string of the molecule is O=C(Nc1ccccc1NC12CC3CC(CC(C3)C1)C2)C1CCN(S(=O)(=O)c2cccs2)CC1. The summed E-state index contributed by atoms with van der Waals surface area (Å²) in [4.78, 5) is 13.2. The molecule has 0 spiro atoms. The summed E-state index contributed by atoms with van der Waals surface area (Å²) in [5.41, 5.74) is 2.05. The number of nitrogens with one attached hydrogen (secondary N) is 2. The topological polar surface area (TPSA) is 78.5 Å². The molecule has 5 aliphatic rings. The van der Waals surface area contributed by atoms with Gasteiger partial charge >= 0.3 is 0 Å². The summed E-state index contributed by atoms with van der Waals surface area (Å²) in [5, 5.41) is 8.86. The quantitative estimate of drug-likeness (QED) is 0.575. The molecule has 0 atom stereocenters. The molecule has 4 saturated carbocycles. The molecule has 1 saturated heterocycles. The van der Waals surface area contributed by atoms with Gasteiger partial charge in [0.25, 0.3) is 10.0 Å². The lowest BCUT2D eigenvalue weighted by atomic mass is 9.53. The fourth-order valence-corrected chi connectivity index (χ4v) is 10.00. The molecule has 4 bridgehead atoms. The van der Waals surface area contributed by atoms with Crippen molar-refractivity contribution in [1.82, 2.24) is 4.31 Å². The van der Waals surface area contributed by atoms with Crippen LogP contribution in [0.1, 0.15) is 51.4 Å². The molecule has 6 nitrogen and oxygen atoms in total. The molecule has 0 radical (unpaired) electrons. The van der Waals surface area contributed by atoms with Crippen LogP contribution in [0, 0.1) is 23.7 Å². The van der Waals surface area contributed by atoms with Crippen molar-refractivity contribution < 1.29 is 13.2 Å². The third kappa shape index (κ3) is 4.18. The lowest BCUT2D eigenvalue weighted by molar-refractivity contribution is -0.120. The maximum absolute atomic E-state index is 13.2. The molecule has 5 fully saturated rings. The molecule has 8 heteroatoms.